The molecule has 0 bridgehead atoms. The Morgan fingerprint density at radius 1 is 1.17 bits per heavy atom. The quantitative estimate of drug-likeness (QED) is 0.752. The van der Waals surface area contributed by atoms with Crippen molar-refractivity contribution in [1.82, 2.24) is 19.5 Å². The summed E-state index contributed by atoms with van der Waals surface area (Å²) in [6, 6.07) is 0.124. The third kappa shape index (κ3) is 4.15. The number of fused-ring (bicyclic) bond motifs is 1. The van der Waals surface area contributed by atoms with E-state index < -0.39 is 18.1 Å². The van der Waals surface area contributed by atoms with E-state index in [4.69, 9.17) is 4.74 Å². The summed E-state index contributed by atoms with van der Waals surface area (Å²) in [4.78, 5) is 14.8. The van der Waals surface area contributed by atoms with Crippen LogP contribution in [0.1, 0.15) is 34.1 Å². The van der Waals surface area contributed by atoms with Gasteiger partial charge < -0.3 is 14.2 Å². The second-order valence-corrected chi connectivity index (χ2v) is 8.85. The van der Waals surface area contributed by atoms with Gasteiger partial charge in [0.15, 0.2) is 17.0 Å². The van der Waals surface area contributed by atoms with E-state index in [1.807, 2.05) is 20.8 Å². The van der Waals surface area contributed by atoms with Crippen LogP contribution < -0.4 is 9.64 Å². The first-order valence-electron chi connectivity index (χ1n) is 9.36. The minimum absolute atomic E-state index is 0.114. The Balaban J connectivity index is 1.74. The van der Waals surface area contributed by atoms with E-state index >= 15 is 0 Å². The second-order valence-electron chi connectivity index (χ2n) is 8.85. The summed E-state index contributed by atoms with van der Waals surface area (Å²) in [7, 11) is 0. The topological polar surface area (TPSA) is 106 Å². The fraction of sp³-hybridized carbons (Fsp3) is 0.706. The van der Waals surface area contributed by atoms with E-state index in [0.29, 0.717) is 30.1 Å². The first kappa shape index (κ1) is 19.5. The molecule has 0 aliphatic carbocycles. The van der Waals surface area contributed by atoms with Crippen LogP contribution in [-0.2, 0) is 6.54 Å². The number of imidazole rings is 1. The van der Waals surface area contributed by atoms with Gasteiger partial charge in [0.05, 0.1) is 26.0 Å². The second kappa shape index (κ2) is 6.63. The van der Waals surface area contributed by atoms with Gasteiger partial charge in [0.2, 0.25) is 5.66 Å². The summed E-state index contributed by atoms with van der Waals surface area (Å²) < 4.78 is 35.2. The number of ether oxygens (including phenoxy) is 1. The predicted octanol–water partition coefficient (Wildman–Crippen LogP) is 3.65. The average molecular weight is 407 g/mol. The summed E-state index contributed by atoms with van der Waals surface area (Å²) >= 11 is 0. The Hall–Kier alpha value is -2.79. The van der Waals surface area contributed by atoms with Crippen molar-refractivity contribution in [2.24, 2.45) is 26.1 Å². The zero-order chi connectivity index (χ0) is 20.9. The molecule has 29 heavy (non-hydrogen) atoms. The van der Waals surface area contributed by atoms with Crippen LogP contribution >= 0.6 is 0 Å². The lowest BCUT2D eigenvalue weighted by molar-refractivity contribution is 0.0257. The number of halogens is 2. The van der Waals surface area contributed by atoms with E-state index in [1.165, 1.54) is 4.90 Å². The van der Waals surface area contributed by atoms with Crippen LogP contribution in [0.15, 0.2) is 27.0 Å². The Morgan fingerprint density at radius 2 is 1.90 bits per heavy atom. The number of hydrogen-bond donors (Lipinski definition) is 0. The Morgan fingerprint density at radius 3 is 2.52 bits per heavy atom. The van der Waals surface area contributed by atoms with Gasteiger partial charge in [-0.3, -0.25) is 0 Å². The molecule has 0 N–H and O–H groups in total. The number of anilines is 1. The van der Waals surface area contributed by atoms with Crippen molar-refractivity contribution in [2.45, 2.75) is 52.2 Å². The minimum Gasteiger partial charge on any atom is -0.463 e. The van der Waals surface area contributed by atoms with Gasteiger partial charge in [-0.05, 0) is 22.8 Å². The molecule has 0 aromatic carbocycles. The number of aromatic nitrogens is 4. The fourth-order valence-corrected chi connectivity index (χ4v) is 3.15. The molecule has 0 unspecified atom stereocenters. The standard InChI is InChI=1S/C17H23F2N9O/c1-15(2,3)9-29-14-21-12(27-6-5-17(18,19)8-27)11-13(22-14)28(10-20-11)7-16(4)23-25-26-24-16/h10H,5-9H2,1-4H3. The molecule has 0 spiro atoms. The van der Waals surface area contributed by atoms with Gasteiger partial charge in [-0.15, -0.1) is 10.2 Å². The van der Waals surface area contributed by atoms with E-state index in [1.54, 1.807) is 17.8 Å². The van der Waals surface area contributed by atoms with Crippen molar-refractivity contribution in [3.05, 3.63) is 6.33 Å². The molecule has 10 nitrogen and oxygen atoms in total. The maximum absolute atomic E-state index is 13.8. The van der Waals surface area contributed by atoms with Gasteiger partial charge in [0.1, 0.15) is 0 Å². The maximum Gasteiger partial charge on any atom is 0.320 e. The first-order chi connectivity index (χ1) is 13.5. The summed E-state index contributed by atoms with van der Waals surface area (Å²) in [5.74, 6) is -2.42. The molecule has 2 aliphatic heterocycles. The van der Waals surface area contributed by atoms with Crippen LogP contribution in [0.2, 0.25) is 0 Å². The summed E-state index contributed by atoms with van der Waals surface area (Å²) in [6.45, 7) is 8.29. The molecule has 0 atom stereocenters. The molecule has 156 valence electrons. The number of hydrogen-bond acceptors (Lipinski definition) is 9. The van der Waals surface area contributed by atoms with Gasteiger partial charge in [0.25, 0.3) is 5.92 Å². The van der Waals surface area contributed by atoms with Crippen LogP contribution in [0.5, 0.6) is 6.01 Å². The number of alkyl halides is 2. The zero-order valence-electron chi connectivity index (χ0n) is 16.8. The van der Waals surface area contributed by atoms with Gasteiger partial charge in [-0.25, -0.2) is 13.8 Å². The lowest BCUT2D eigenvalue weighted by Gasteiger charge is -2.21. The van der Waals surface area contributed by atoms with Crippen molar-refractivity contribution in [3.63, 3.8) is 0 Å². The van der Waals surface area contributed by atoms with Crippen LogP contribution in [0.25, 0.3) is 11.2 Å². The minimum atomic E-state index is -2.76. The molecule has 2 aromatic rings. The molecule has 12 heteroatoms. The molecular weight excluding hydrogens is 384 g/mol. The van der Waals surface area contributed by atoms with Crippen molar-refractivity contribution in [1.29, 1.82) is 0 Å². The van der Waals surface area contributed by atoms with Crippen molar-refractivity contribution in [3.8, 4) is 6.01 Å². The highest BCUT2D eigenvalue weighted by atomic mass is 19.3. The van der Waals surface area contributed by atoms with Crippen molar-refractivity contribution < 1.29 is 13.5 Å². The monoisotopic (exact) mass is 407 g/mol. The molecule has 0 saturated carbocycles. The van der Waals surface area contributed by atoms with E-state index in [0.717, 1.165) is 0 Å². The predicted molar refractivity (Wildman–Crippen MR) is 100 cm³/mol. The SMILES string of the molecule is CC(C)(C)COc1nc(N2CCC(F)(F)C2)c2ncn(CC3(C)N=NN=N3)c2n1. The molecule has 4 rings (SSSR count). The van der Waals surface area contributed by atoms with Crippen molar-refractivity contribution in [2.75, 3.05) is 24.6 Å². The number of nitrogens with zero attached hydrogens (tertiary/aromatic N) is 9. The zero-order valence-corrected chi connectivity index (χ0v) is 16.8. The maximum atomic E-state index is 13.8. The smallest absolute Gasteiger partial charge is 0.320 e. The molecule has 0 amide bonds. The van der Waals surface area contributed by atoms with Crippen molar-refractivity contribution >= 4 is 17.0 Å². The summed E-state index contributed by atoms with van der Waals surface area (Å²) in [5, 5.41) is 15.2. The van der Waals surface area contributed by atoms with Crippen LogP contribution in [0.4, 0.5) is 14.6 Å². The Kier molecular flexibility index (Phi) is 4.46. The lowest BCUT2D eigenvalue weighted by atomic mass is 9.99. The molecule has 2 aliphatic rings. The molecule has 0 radical (unpaired) electrons. The summed E-state index contributed by atoms with van der Waals surface area (Å²) in [6.07, 6.45) is 1.34. The molecule has 1 fully saturated rings. The first-order valence-corrected chi connectivity index (χ1v) is 9.36. The van der Waals surface area contributed by atoms with E-state index in [-0.39, 0.29) is 24.4 Å². The normalized spacial score (nSPS) is 20.1. The molecular formula is C17H23F2N9O. The van der Waals surface area contributed by atoms with Gasteiger partial charge in [-0.2, -0.15) is 9.97 Å². The highest BCUT2D eigenvalue weighted by Gasteiger charge is 2.40. The average Bonchev–Trinajstić information content (AvgIpc) is 3.32. The summed E-state index contributed by atoms with van der Waals surface area (Å²) in [5.41, 5.74) is -0.0856. The molecule has 2 aromatic heterocycles. The van der Waals surface area contributed by atoms with E-state index in [2.05, 4.69) is 35.6 Å². The van der Waals surface area contributed by atoms with Crippen LogP contribution in [0.3, 0.4) is 0 Å². The van der Waals surface area contributed by atoms with Gasteiger partial charge in [0, 0.05) is 13.0 Å². The van der Waals surface area contributed by atoms with Gasteiger partial charge >= 0.3 is 6.01 Å². The van der Waals surface area contributed by atoms with E-state index in [9.17, 15) is 8.78 Å². The highest BCUT2D eigenvalue weighted by Crippen LogP contribution is 2.34. The third-order valence-corrected chi connectivity index (χ3v) is 4.56. The largest absolute Gasteiger partial charge is 0.463 e. The highest BCUT2D eigenvalue weighted by molar-refractivity contribution is 5.84. The molecule has 1 saturated heterocycles. The Bertz CT molecular complexity index is 967. The van der Waals surface area contributed by atoms with Crippen LogP contribution in [-0.4, -0.2) is 50.8 Å². The third-order valence-electron chi connectivity index (χ3n) is 4.56. The fourth-order valence-electron chi connectivity index (χ4n) is 3.15. The lowest BCUT2D eigenvalue weighted by Crippen LogP contribution is -2.27. The Labute approximate surface area is 166 Å². The van der Waals surface area contributed by atoms with Crippen LogP contribution in [0, 0.1) is 5.41 Å². The molecule has 4 heterocycles. The number of rotatable bonds is 5. The van der Waals surface area contributed by atoms with Gasteiger partial charge in [-0.1, -0.05) is 20.8 Å².